The lowest BCUT2D eigenvalue weighted by Crippen LogP contribution is -1.86. The first-order valence-corrected chi connectivity index (χ1v) is 4.32. The van der Waals surface area contributed by atoms with Crippen LogP contribution in [0.15, 0.2) is 29.5 Å². The van der Waals surface area contributed by atoms with Crippen molar-refractivity contribution in [3.63, 3.8) is 0 Å². The Hall–Kier alpha value is -1.93. The van der Waals surface area contributed by atoms with Gasteiger partial charge in [-0.25, -0.2) is 9.78 Å². The van der Waals surface area contributed by atoms with Crippen molar-refractivity contribution in [3.8, 4) is 0 Å². The number of aromatic amines is 1. The fraction of sp³-hybridized carbons (Fsp3) is 0.200. The van der Waals surface area contributed by atoms with Crippen molar-refractivity contribution in [3.05, 3.63) is 30.1 Å². The lowest BCUT2D eigenvalue weighted by molar-refractivity contribution is 0.559. The molecule has 0 spiro atoms. The zero-order valence-corrected chi connectivity index (χ0v) is 7.69. The van der Waals surface area contributed by atoms with E-state index in [0.29, 0.717) is 0 Å². The monoisotopic (exact) mass is 187 g/mol. The molecule has 1 unspecified atom stereocenters. The molecule has 2 heterocycles. The average Bonchev–Trinajstić information content (AvgIpc) is 2.61. The molecule has 0 radical (unpaired) electrons. The van der Waals surface area contributed by atoms with E-state index in [2.05, 4.69) is 15.0 Å². The van der Waals surface area contributed by atoms with Crippen LogP contribution in [0.1, 0.15) is 18.5 Å². The fourth-order valence-corrected chi connectivity index (χ4v) is 1.47. The quantitative estimate of drug-likeness (QED) is 0.577. The molecule has 0 aliphatic heterocycles. The maximum atomic E-state index is 10.1. The minimum atomic E-state index is -0.176. The highest BCUT2D eigenvalue weighted by molar-refractivity contribution is 5.80. The van der Waals surface area contributed by atoms with Crippen LogP contribution in [0.2, 0.25) is 0 Å². The number of aromatic nitrogens is 2. The van der Waals surface area contributed by atoms with Gasteiger partial charge in [-0.15, -0.1) is 0 Å². The number of hydrogen-bond donors (Lipinski definition) is 1. The summed E-state index contributed by atoms with van der Waals surface area (Å²) in [5, 5.41) is 0.999. The molecule has 2 rings (SSSR count). The highest BCUT2D eigenvalue weighted by atomic mass is 16.1. The lowest BCUT2D eigenvalue weighted by Gasteiger charge is -2.00. The van der Waals surface area contributed by atoms with Gasteiger partial charge < -0.3 is 4.98 Å². The summed E-state index contributed by atoms with van der Waals surface area (Å²) in [6.45, 7) is 1.85. The maximum Gasteiger partial charge on any atom is 0.235 e. The molecule has 0 aromatic carbocycles. The molecule has 1 atom stereocenters. The van der Waals surface area contributed by atoms with Crippen LogP contribution in [0, 0.1) is 0 Å². The van der Waals surface area contributed by atoms with Crippen LogP contribution in [-0.2, 0) is 4.79 Å². The molecule has 2 aromatic heterocycles. The number of rotatable bonds is 2. The van der Waals surface area contributed by atoms with Crippen molar-refractivity contribution < 1.29 is 4.79 Å². The molecule has 0 aliphatic carbocycles. The molecule has 14 heavy (non-hydrogen) atoms. The first-order valence-electron chi connectivity index (χ1n) is 4.32. The Kier molecular flexibility index (Phi) is 2.13. The van der Waals surface area contributed by atoms with Crippen LogP contribution in [-0.4, -0.2) is 16.0 Å². The molecule has 0 amide bonds. The molecule has 0 saturated carbocycles. The van der Waals surface area contributed by atoms with Gasteiger partial charge in [-0.2, -0.15) is 4.99 Å². The second kappa shape index (κ2) is 3.44. The van der Waals surface area contributed by atoms with E-state index in [9.17, 15) is 4.79 Å². The summed E-state index contributed by atoms with van der Waals surface area (Å²) in [5.41, 5.74) is 1.78. The third-order valence-electron chi connectivity index (χ3n) is 2.18. The number of pyridine rings is 1. The van der Waals surface area contributed by atoms with Crippen LogP contribution < -0.4 is 0 Å². The normalized spacial score (nSPS) is 12.4. The standard InChI is InChI=1S/C10H9N3O/c1-7(13-6-14)9-5-12-10-8(9)3-2-4-11-10/h2-5,7H,1H3,(H,11,12). The lowest BCUT2D eigenvalue weighted by atomic mass is 10.1. The van der Waals surface area contributed by atoms with E-state index >= 15 is 0 Å². The van der Waals surface area contributed by atoms with E-state index in [0.717, 1.165) is 16.6 Å². The predicted molar refractivity (Wildman–Crippen MR) is 52.6 cm³/mol. The summed E-state index contributed by atoms with van der Waals surface area (Å²) < 4.78 is 0. The largest absolute Gasteiger partial charge is 0.346 e. The number of nitrogens with zero attached hydrogens (tertiary/aromatic N) is 2. The molecule has 4 heteroatoms. The summed E-state index contributed by atoms with van der Waals surface area (Å²) in [4.78, 5) is 21.0. The molecule has 1 N–H and O–H groups in total. The highest BCUT2D eigenvalue weighted by Gasteiger charge is 2.09. The molecule has 0 fully saturated rings. The summed E-state index contributed by atoms with van der Waals surface area (Å²) in [6, 6.07) is 3.63. The minimum Gasteiger partial charge on any atom is -0.346 e. The maximum absolute atomic E-state index is 10.1. The van der Waals surface area contributed by atoms with Gasteiger partial charge in [-0.3, -0.25) is 0 Å². The molecule has 4 nitrogen and oxygen atoms in total. The molecule has 0 bridgehead atoms. The van der Waals surface area contributed by atoms with Gasteiger partial charge >= 0.3 is 0 Å². The first kappa shape index (κ1) is 8.66. The van der Waals surface area contributed by atoms with Crippen molar-refractivity contribution in [2.24, 2.45) is 4.99 Å². The number of fused-ring (bicyclic) bond motifs is 1. The molecule has 70 valence electrons. The summed E-state index contributed by atoms with van der Waals surface area (Å²) in [7, 11) is 0. The van der Waals surface area contributed by atoms with Gasteiger partial charge in [-0.05, 0) is 19.1 Å². The highest BCUT2D eigenvalue weighted by Crippen LogP contribution is 2.24. The predicted octanol–water partition coefficient (Wildman–Crippen LogP) is 1.96. The summed E-state index contributed by atoms with van der Waals surface area (Å²) in [5.74, 6) is 0. The number of carbonyl (C=O) groups excluding carboxylic acids is 1. The van der Waals surface area contributed by atoms with E-state index in [-0.39, 0.29) is 6.04 Å². The Morgan fingerprint density at radius 2 is 2.50 bits per heavy atom. The molecule has 0 aliphatic rings. The van der Waals surface area contributed by atoms with Gasteiger partial charge in [0.15, 0.2) is 0 Å². The third kappa shape index (κ3) is 1.32. The molecule has 2 aromatic rings. The number of aliphatic imine (C=N–C) groups is 1. The van der Waals surface area contributed by atoms with Gasteiger partial charge in [0.05, 0.1) is 6.04 Å². The van der Waals surface area contributed by atoms with Crippen LogP contribution in [0.5, 0.6) is 0 Å². The Morgan fingerprint density at radius 3 is 3.29 bits per heavy atom. The smallest absolute Gasteiger partial charge is 0.235 e. The van der Waals surface area contributed by atoms with Crippen molar-refractivity contribution in [1.29, 1.82) is 0 Å². The van der Waals surface area contributed by atoms with Crippen LogP contribution in [0.3, 0.4) is 0 Å². The van der Waals surface area contributed by atoms with E-state index < -0.39 is 0 Å². The Labute approximate surface area is 80.7 Å². The van der Waals surface area contributed by atoms with Crippen molar-refractivity contribution in [1.82, 2.24) is 9.97 Å². The number of hydrogen-bond acceptors (Lipinski definition) is 3. The summed E-state index contributed by atoms with van der Waals surface area (Å²) >= 11 is 0. The topological polar surface area (TPSA) is 58.1 Å². The number of nitrogens with one attached hydrogen (secondary N) is 1. The minimum absolute atomic E-state index is 0.176. The molecular formula is C10H9N3O. The van der Waals surface area contributed by atoms with Gasteiger partial charge in [0.2, 0.25) is 6.08 Å². The summed E-state index contributed by atoms with van der Waals surface area (Å²) in [6.07, 6.45) is 5.10. The zero-order valence-electron chi connectivity index (χ0n) is 7.69. The van der Waals surface area contributed by atoms with Crippen LogP contribution >= 0.6 is 0 Å². The second-order valence-electron chi connectivity index (χ2n) is 3.04. The van der Waals surface area contributed by atoms with Crippen molar-refractivity contribution in [2.75, 3.05) is 0 Å². The van der Waals surface area contributed by atoms with E-state index in [1.54, 1.807) is 12.3 Å². The Balaban J connectivity index is 2.57. The van der Waals surface area contributed by atoms with Gasteiger partial charge in [0.25, 0.3) is 0 Å². The Morgan fingerprint density at radius 1 is 1.64 bits per heavy atom. The van der Waals surface area contributed by atoms with Crippen LogP contribution in [0.4, 0.5) is 0 Å². The fourth-order valence-electron chi connectivity index (χ4n) is 1.47. The number of isocyanates is 1. The van der Waals surface area contributed by atoms with E-state index in [1.807, 2.05) is 25.3 Å². The van der Waals surface area contributed by atoms with Gasteiger partial charge in [-0.1, -0.05) is 0 Å². The first-order chi connectivity index (χ1) is 6.83. The van der Waals surface area contributed by atoms with Gasteiger partial charge in [0.1, 0.15) is 5.65 Å². The van der Waals surface area contributed by atoms with E-state index in [4.69, 9.17) is 0 Å². The van der Waals surface area contributed by atoms with E-state index in [1.165, 1.54) is 0 Å². The SMILES string of the molecule is CC(N=C=O)c1c[nH]c2ncccc12. The van der Waals surface area contributed by atoms with Gasteiger partial charge in [0, 0.05) is 23.3 Å². The number of H-pyrrole nitrogens is 1. The van der Waals surface area contributed by atoms with Crippen molar-refractivity contribution >= 4 is 17.1 Å². The van der Waals surface area contributed by atoms with Crippen LogP contribution in [0.25, 0.3) is 11.0 Å². The third-order valence-corrected chi connectivity index (χ3v) is 2.18. The Bertz CT molecular complexity index is 497. The average molecular weight is 187 g/mol. The zero-order chi connectivity index (χ0) is 9.97. The van der Waals surface area contributed by atoms with Crippen molar-refractivity contribution in [2.45, 2.75) is 13.0 Å². The molecular weight excluding hydrogens is 178 g/mol. The molecule has 0 saturated heterocycles. The second-order valence-corrected chi connectivity index (χ2v) is 3.04.